The second-order valence-corrected chi connectivity index (χ2v) is 6.12. The molecular formula is C20H14F3N3O3. The number of alkyl halides is 3. The van der Waals surface area contributed by atoms with E-state index in [1.165, 1.54) is 5.56 Å². The highest BCUT2D eigenvalue weighted by Gasteiger charge is 2.38. The maximum atomic E-state index is 10.6. The Hall–Kier alpha value is -3.80. The third kappa shape index (κ3) is 3.91. The van der Waals surface area contributed by atoms with E-state index in [1.54, 1.807) is 6.26 Å². The Labute approximate surface area is 163 Å². The third-order valence-electron chi connectivity index (χ3n) is 4.36. The molecule has 0 radical (unpaired) electrons. The van der Waals surface area contributed by atoms with Crippen molar-refractivity contribution in [2.45, 2.75) is 19.0 Å². The van der Waals surface area contributed by atoms with Crippen LogP contribution in [0.4, 0.5) is 19.0 Å². The molecule has 0 bridgehead atoms. The first-order valence-corrected chi connectivity index (χ1v) is 8.38. The first kappa shape index (κ1) is 19.9. The molecule has 0 atom stereocenters. The topological polar surface area (TPSA) is 113 Å². The lowest BCUT2D eigenvalue weighted by molar-refractivity contribution is -0.192. The van der Waals surface area contributed by atoms with E-state index in [-0.39, 0.29) is 5.82 Å². The van der Waals surface area contributed by atoms with E-state index < -0.39 is 12.1 Å². The Morgan fingerprint density at radius 3 is 2.48 bits per heavy atom. The summed E-state index contributed by atoms with van der Waals surface area (Å²) in [5, 5.41) is 16.6. The number of halogens is 3. The molecule has 6 nitrogen and oxygen atoms in total. The molecule has 0 amide bonds. The Bertz CT molecular complexity index is 1100. The zero-order chi connectivity index (χ0) is 21.2. The molecule has 2 heterocycles. The zero-order valence-corrected chi connectivity index (χ0v) is 14.8. The molecule has 2 aromatic heterocycles. The van der Waals surface area contributed by atoms with Crippen molar-refractivity contribution < 1.29 is 27.5 Å². The zero-order valence-electron chi connectivity index (χ0n) is 14.8. The standard InChI is InChI=1S/C18H13N3O.C2HF3O2/c19-10-14-16(15-6-3-9-22-15)13-8-7-11-4-1-2-5-12(11)17(13)21-18(14)20;3-2(4,5)1(6)7/h1-6,9H,7-8H2,(H2,20,21);(H,6,7). The summed E-state index contributed by atoms with van der Waals surface area (Å²) in [6, 6.07) is 14.0. The number of hydrogen-bond acceptors (Lipinski definition) is 5. The summed E-state index contributed by atoms with van der Waals surface area (Å²) in [5.41, 5.74) is 11.5. The van der Waals surface area contributed by atoms with Crippen molar-refractivity contribution in [2.24, 2.45) is 0 Å². The van der Waals surface area contributed by atoms with E-state index in [1.807, 2.05) is 24.3 Å². The molecule has 1 aliphatic carbocycles. The lowest BCUT2D eigenvalue weighted by Crippen LogP contribution is -2.21. The van der Waals surface area contributed by atoms with Crippen LogP contribution in [0.1, 0.15) is 16.7 Å². The molecule has 3 N–H and O–H groups in total. The van der Waals surface area contributed by atoms with Gasteiger partial charge < -0.3 is 15.3 Å². The minimum atomic E-state index is -5.08. The number of rotatable bonds is 1. The van der Waals surface area contributed by atoms with E-state index in [4.69, 9.17) is 20.1 Å². The van der Waals surface area contributed by atoms with Crippen LogP contribution in [-0.4, -0.2) is 22.2 Å². The van der Waals surface area contributed by atoms with Crippen LogP contribution in [0.25, 0.3) is 22.6 Å². The van der Waals surface area contributed by atoms with Crippen molar-refractivity contribution in [2.75, 3.05) is 5.73 Å². The van der Waals surface area contributed by atoms with Crippen LogP contribution in [0.5, 0.6) is 0 Å². The summed E-state index contributed by atoms with van der Waals surface area (Å²) in [6.45, 7) is 0. The van der Waals surface area contributed by atoms with Crippen molar-refractivity contribution in [3.8, 4) is 28.7 Å². The Balaban J connectivity index is 0.000000298. The summed E-state index contributed by atoms with van der Waals surface area (Å²) in [5.74, 6) is -1.84. The second kappa shape index (κ2) is 7.67. The smallest absolute Gasteiger partial charge is 0.475 e. The van der Waals surface area contributed by atoms with Crippen LogP contribution in [0, 0.1) is 11.3 Å². The maximum absolute atomic E-state index is 10.6. The number of anilines is 1. The Morgan fingerprint density at radius 1 is 1.21 bits per heavy atom. The Morgan fingerprint density at radius 2 is 1.90 bits per heavy atom. The first-order valence-electron chi connectivity index (χ1n) is 8.38. The average molecular weight is 401 g/mol. The lowest BCUT2D eigenvalue weighted by Gasteiger charge is -2.22. The van der Waals surface area contributed by atoms with Crippen LogP contribution in [0.3, 0.4) is 0 Å². The van der Waals surface area contributed by atoms with E-state index in [0.29, 0.717) is 11.3 Å². The van der Waals surface area contributed by atoms with Gasteiger partial charge in [-0.1, -0.05) is 24.3 Å². The number of aryl methyl sites for hydroxylation is 1. The highest BCUT2D eigenvalue weighted by Crippen LogP contribution is 2.40. The van der Waals surface area contributed by atoms with Gasteiger partial charge in [-0.2, -0.15) is 18.4 Å². The first-order chi connectivity index (χ1) is 13.7. The predicted molar refractivity (Wildman–Crippen MR) is 97.6 cm³/mol. The number of nitriles is 1. The number of carboxylic acid groups (broad SMARTS) is 1. The average Bonchev–Trinajstić information content (AvgIpc) is 3.21. The van der Waals surface area contributed by atoms with Gasteiger partial charge in [-0.3, -0.25) is 0 Å². The molecule has 0 spiro atoms. The SMILES string of the molecule is N#Cc1c(N)nc2c(c1-c1ccco1)CCc1ccccc1-2.O=C(O)C(F)(F)F. The fourth-order valence-electron chi connectivity index (χ4n) is 3.14. The maximum Gasteiger partial charge on any atom is 0.490 e. The minimum absolute atomic E-state index is 0.254. The van der Waals surface area contributed by atoms with Gasteiger partial charge in [0, 0.05) is 11.1 Å². The highest BCUT2D eigenvalue weighted by atomic mass is 19.4. The molecule has 0 fully saturated rings. The molecule has 1 aromatic carbocycles. The van der Waals surface area contributed by atoms with E-state index >= 15 is 0 Å². The minimum Gasteiger partial charge on any atom is -0.475 e. The molecule has 0 aliphatic heterocycles. The summed E-state index contributed by atoms with van der Waals surface area (Å²) in [4.78, 5) is 13.4. The van der Waals surface area contributed by atoms with Crippen molar-refractivity contribution in [3.05, 3.63) is 59.4 Å². The van der Waals surface area contributed by atoms with Gasteiger partial charge >= 0.3 is 12.1 Å². The largest absolute Gasteiger partial charge is 0.490 e. The molecule has 3 aromatic rings. The second-order valence-electron chi connectivity index (χ2n) is 6.12. The van der Waals surface area contributed by atoms with E-state index in [0.717, 1.165) is 35.2 Å². The number of aromatic nitrogens is 1. The van der Waals surface area contributed by atoms with Crippen molar-refractivity contribution in [1.82, 2.24) is 4.98 Å². The molecule has 4 rings (SSSR count). The highest BCUT2D eigenvalue weighted by molar-refractivity contribution is 5.84. The van der Waals surface area contributed by atoms with Gasteiger partial charge in [0.15, 0.2) is 0 Å². The van der Waals surface area contributed by atoms with E-state index in [9.17, 15) is 18.4 Å². The van der Waals surface area contributed by atoms with Crippen molar-refractivity contribution >= 4 is 11.8 Å². The fourth-order valence-corrected chi connectivity index (χ4v) is 3.14. The number of pyridine rings is 1. The van der Waals surface area contributed by atoms with Gasteiger partial charge in [-0.05, 0) is 36.1 Å². The van der Waals surface area contributed by atoms with Gasteiger partial charge in [-0.25, -0.2) is 9.78 Å². The van der Waals surface area contributed by atoms with Crippen molar-refractivity contribution in [3.63, 3.8) is 0 Å². The molecule has 0 saturated heterocycles. The number of furan rings is 1. The normalized spacial score (nSPS) is 12.1. The molecule has 1 aliphatic rings. The van der Waals surface area contributed by atoms with E-state index in [2.05, 4.69) is 23.2 Å². The van der Waals surface area contributed by atoms with Crippen LogP contribution in [-0.2, 0) is 17.6 Å². The van der Waals surface area contributed by atoms with Crippen molar-refractivity contribution in [1.29, 1.82) is 5.26 Å². The molecular weight excluding hydrogens is 387 g/mol. The number of fused-ring (bicyclic) bond motifs is 3. The number of aliphatic carboxylic acids is 1. The number of hydrogen-bond donors (Lipinski definition) is 2. The lowest BCUT2D eigenvalue weighted by atomic mass is 9.84. The number of carbonyl (C=O) groups is 1. The molecule has 0 unspecified atom stereocenters. The van der Waals surface area contributed by atoms with Gasteiger partial charge in [0.2, 0.25) is 0 Å². The predicted octanol–water partition coefficient (Wildman–Crippen LogP) is 4.19. The summed E-state index contributed by atoms with van der Waals surface area (Å²) in [7, 11) is 0. The summed E-state index contributed by atoms with van der Waals surface area (Å²) in [6.07, 6.45) is -1.73. The van der Waals surface area contributed by atoms with Crippen LogP contribution >= 0.6 is 0 Å². The van der Waals surface area contributed by atoms with Crippen LogP contribution in [0.2, 0.25) is 0 Å². The molecule has 0 saturated carbocycles. The number of nitrogens with two attached hydrogens (primary N) is 1. The fraction of sp³-hybridized carbons (Fsp3) is 0.150. The Kier molecular flexibility index (Phi) is 5.28. The monoisotopic (exact) mass is 401 g/mol. The quantitative estimate of drug-likeness (QED) is 0.632. The summed E-state index contributed by atoms with van der Waals surface area (Å²) >= 11 is 0. The number of carboxylic acids is 1. The van der Waals surface area contributed by atoms with Crippen LogP contribution < -0.4 is 5.73 Å². The number of nitrogens with zero attached hydrogens (tertiary/aromatic N) is 2. The van der Waals surface area contributed by atoms with Gasteiger partial charge in [-0.15, -0.1) is 0 Å². The third-order valence-corrected chi connectivity index (χ3v) is 4.36. The van der Waals surface area contributed by atoms with Crippen LogP contribution in [0.15, 0.2) is 47.1 Å². The number of benzene rings is 1. The van der Waals surface area contributed by atoms with Gasteiger partial charge in [0.1, 0.15) is 23.2 Å². The molecule has 9 heteroatoms. The van der Waals surface area contributed by atoms with Gasteiger partial charge in [0.25, 0.3) is 0 Å². The molecule has 148 valence electrons. The van der Waals surface area contributed by atoms with Gasteiger partial charge in [0.05, 0.1) is 12.0 Å². The number of nitrogen functional groups attached to an aromatic ring is 1. The summed E-state index contributed by atoms with van der Waals surface area (Å²) < 4.78 is 37.3. The molecule has 29 heavy (non-hydrogen) atoms.